The van der Waals surface area contributed by atoms with Gasteiger partial charge in [-0.1, -0.05) is 19.8 Å². The van der Waals surface area contributed by atoms with Gasteiger partial charge in [-0.25, -0.2) is 0 Å². The molecule has 3 nitrogen and oxygen atoms in total. The van der Waals surface area contributed by atoms with Crippen molar-refractivity contribution in [3.05, 3.63) is 0 Å². The van der Waals surface area contributed by atoms with E-state index in [0.717, 1.165) is 38.6 Å². The van der Waals surface area contributed by atoms with Gasteiger partial charge in [0.1, 0.15) is 0 Å². The van der Waals surface area contributed by atoms with Crippen molar-refractivity contribution in [3.8, 4) is 0 Å². The fourth-order valence-electron chi connectivity index (χ4n) is 3.43. The number of hydrogen-bond acceptors (Lipinski definition) is 3. The summed E-state index contributed by atoms with van der Waals surface area (Å²) in [5, 5.41) is 0. The topological polar surface area (TPSA) is 38.5 Å². The van der Waals surface area contributed by atoms with E-state index in [1.165, 1.54) is 38.6 Å². The molecule has 0 spiro atoms. The van der Waals surface area contributed by atoms with E-state index in [2.05, 4.69) is 11.8 Å². The Morgan fingerprint density at radius 3 is 2.88 bits per heavy atom. The van der Waals surface area contributed by atoms with E-state index in [4.69, 9.17) is 10.5 Å². The van der Waals surface area contributed by atoms with Gasteiger partial charge in [0.05, 0.1) is 6.61 Å². The van der Waals surface area contributed by atoms with Crippen LogP contribution in [0, 0.1) is 5.92 Å². The smallest absolute Gasteiger partial charge is 0.0593 e. The van der Waals surface area contributed by atoms with Crippen molar-refractivity contribution < 1.29 is 4.74 Å². The van der Waals surface area contributed by atoms with E-state index < -0.39 is 0 Å². The maximum Gasteiger partial charge on any atom is 0.0593 e. The van der Waals surface area contributed by atoms with Gasteiger partial charge in [-0.2, -0.15) is 0 Å². The van der Waals surface area contributed by atoms with E-state index >= 15 is 0 Å². The van der Waals surface area contributed by atoms with Gasteiger partial charge in [0.2, 0.25) is 0 Å². The lowest BCUT2D eigenvalue weighted by molar-refractivity contribution is 0.0690. The van der Waals surface area contributed by atoms with Gasteiger partial charge in [0, 0.05) is 31.8 Å². The van der Waals surface area contributed by atoms with Crippen LogP contribution in [0.2, 0.25) is 0 Å². The first-order valence-corrected chi connectivity index (χ1v) is 7.30. The van der Waals surface area contributed by atoms with Crippen LogP contribution in [0.4, 0.5) is 0 Å². The Morgan fingerprint density at radius 2 is 2.06 bits per heavy atom. The minimum atomic E-state index is 0.276. The SMILES string of the molecule is CC1CCCC(CN)(N2CCCOCC2)CC1. The third-order valence-corrected chi connectivity index (χ3v) is 4.71. The summed E-state index contributed by atoms with van der Waals surface area (Å²) in [7, 11) is 0. The summed E-state index contributed by atoms with van der Waals surface area (Å²) in [4.78, 5) is 2.64. The Morgan fingerprint density at radius 1 is 1.18 bits per heavy atom. The lowest BCUT2D eigenvalue weighted by Crippen LogP contribution is -2.54. The minimum absolute atomic E-state index is 0.276. The van der Waals surface area contributed by atoms with Crippen LogP contribution in [-0.4, -0.2) is 43.3 Å². The van der Waals surface area contributed by atoms with Crippen LogP contribution in [0.3, 0.4) is 0 Å². The molecule has 0 aromatic heterocycles. The molecule has 0 amide bonds. The summed E-state index contributed by atoms with van der Waals surface area (Å²) in [6.45, 7) is 7.26. The predicted molar refractivity (Wildman–Crippen MR) is 71.0 cm³/mol. The molecule has 1 heterocycles. The highest BCUT2D eigenvalue weighted by Gasteiger charge is 2.36. The van der Waals surface area contributed by atoms with Gasteiger partial charge in [0.25, 0.3) is 0 Å². The molecular formula is C14H28N2O. The van der Waals surface area contributed by atoms with Crippen molar-refractivity contribution in [2.75, 3.05) is 32.8 Å². The van der Waals surface area contributed by atoms with Gasteiger partial charge < -0.3 is 10.5 Å². The van der Waals surface area contributed by atoms with Gasteiger partial charge in [-0.3, -0.25) is 4.90 Å². The van der Waals surface area contributed by atoms with Crippen LogP contribution in [0.5, 0.6) is 0 Å². The summed E-state index contributed by atoms with van der Waals surface area (Å²) in [6, 6.07) is 0. The summed E-state index contributed by atoms with van der Waals surface area (Å²) in [6.07, 6.45) is 7.80. The van der Waals surface area contributed by atoms with Crippen LogP contribution < -0.4 is 5.73 Å². The fraction of sp³-hybridized carbons (Fsp3) is 1.00. The molecule has 2 unspecified atom stereocenters. The average molecular weight is 240 g/mol. The van der Waals surface area contributed by atoms with Crippen LogP contribution in [0.1, 0.15) is 45.4 Å². The molecule has 1 saturated heterocycles. The van der Waals surface area contributed by atoms with Crippen LogP contribution in [0.25, 0.3) is 0 Å². The van der Waals surface area contributed by atoms with Crippen molar-refractivity contribution in [3.63, 3.8) is 0 Å². The third-order valence-electron chi connectivity index (χ3n) is 4.71. The van der Waals surface area contributed by atoms with Crippen LogP contribution in [-0.2, 0) is 4.74 Å². The maximum atomic E-state index is 6.15. The van der Waals surface area contributed by atoms with E-state index in [0.29, 0.717) is 0 Å². The molecule has 3 heteroatoms. The van der Waals surface area contributed by atoms with Crippen molar-refractivity contribution in [2.24, 2.45) is 11.7 Å². The van der Waals surface area contributed by atoms with Crippen molar-refractivity contribution in [2.45, 2.75) is 51.0 Å². The maximum absolute atomic E-state index is 6.15. The first-order chi connectivity index (χ1) is 8.27. The summed E-state index contributed by atoms with van der Waals surface area (Å²) in [5.74, 6) is 0.881. The molecule has 100 valence electrons. The van der Waals surface area contributed by atoms with E-state index in [-0.39, 0.29) is 5.54 Å². The molecule has 1 aliphatic carbocycles. The van der Waals surface area contributed by atoms with Crippen molar-refractivity contribution in [1.29, 1.82) is 0 Å². The summed E-state index contributed by atoms with van der Waals surface area (Å²) >= 11 is 0. The monoisotopic (exact) mass is 240 g/mol. The number of ether oxygens (including phenoxy) is 1. The quantitative estimate of drug-likeness (QED) is 0.750. The number of hydrogen-bond donors (Lipinski definition) is 1. The summed E-state index contributed by atoms with van der Waals surface area (Å²) < 4.78 is 5.57. The molecule has 2 fully saturated rings. The first kappa shape index (κ1) is 13.3. The van der Waals surface area contributed by atoms with E-state index in [1.54, 1.807) is 0 Å². The zero-order valence-corrected chi connectivity index (χ0v) is 11.3. The molecular weight excluding hydrogens is 212 g/mol. The summed E-state index contributed by atoms with van der Waals surface area (Å²) in [5.41, 5.74) is 6.43. The van der Waals surface area contributed by atoms with Gasteiger partial charge in [-0.05, 0) is 31.6 Å². The van der Waals surface area contributed by atoms with Crippen LogP contribution >= 0.6 is 0 Å². The van der Waals surface area contributed by atoms with Crippen molar-refractivity contribution in [1.82, 2.24) is 4.90 Å². The Labute approximate surface area is 106 Å². The number of rotatable bonds is 2. The van der Waals surface area contributed by atoms with Gasteiger partial charge >= 0.3 is 0 Å². The molecule has 2 rings (SSSR count). The normalized spacial score (nSPS) is 37.4. The first-order valence-electron chi connectivity index (χ1n) is 7.30. The molecule has 1 aliphatic heterocycles. The third kappa shape index (κ3) is 3.21. The minimum Gasteiger partial charge on any atom is -0.380 e. The fourth-order valence-corrected chi connectivity index (χ4v) is 3.43. The van der Waals surface area contributed by atoms with Gasteiger partial charge in [-0.15, -0.1) is 0 Å². The van der Waals surface area contributed by atoms with E-state index in [9.17, 15) is 0 Å². The molecule has 0 aromatic rings. The average Bonchev–Trinajstić information content (AvgIpc) is 2.70. The molecule has 0 radical (unpaired) electrons. The second kappa shape index (κ2) is 6.17. The van der Waals surface area contributed by atoms with Crippen LogP contribution in [0.15, 0.2) is 0 Å². The molecule has 2 atom stereocenters. The molecule has 1 saturated carbocycles. The standard InChI is InChI=1S/C14H28N2O/c1-13-4-2-6-14(12-15,7-5-13)16-8-3-10-17-11-9-16/h13H,2-12,15H2,1H3. The van der Waals surface area contributed by atoms with Crippen molar-refractivity contribution >= 4 is 0 Å². The zero-order chi connectivity index (χ0) is 12.1. The highest BCUT2D eigenvalue weighted by molar-refractivity contribution is 4.94. The lowest BCUT2D eigenvalue weighted by atomic mass is 9.87. The zero-order valence-electron chi connectivity index (χ0n) is 11.3. The number of nitrogens with zero attached hydrogens (tertiary/aromatic N) is 1. The Hall–Kier alpha value is -0.120. The second-order valence-corrected chi connectivity index (χ2v) is 5.92. The molecule has 2 N–H and O–H groups in total. The Bertz CT molecular complexity index is 226. The Balaban J connectivity index is 2.05. The lowest BCUT2D eigenvalue weighted by Gasteiger charge is -2.42. The molecule has 17 heavy (non-hydrogen) atoms. The Kier molecular flexibility index (Phi) is 4.83. The largest absolute Gasteiger partial charge is 0.380 e. The predicted octanol–water partition coefficient (Wildman–Crippen LogP) is 2.01. The highest BCUT2D eigenvalue weighted by atomic mass is 16.5. The number of nitrogens with two attached hydrogens (primary N) is 1. The van der Waals surface area contributed by atoms with E-state index in [1.807, 2.05) is 0 Å². The molecule has 0 aromatic carbocycles. The molecule has 0 bridgehead atoms. The molecule has 2 aliphatic rings. The highest BCUT2D eigenvalue weighted by Crippen LogP contribution is 2.34. The van der Waals surface area contributed by atoms with Gasteiger partial charge in [0.15, 0.2) is 0 Å². The second-order valence-electron chi connectivity index (χ2n) is 5.92.